The lowest BCUT2D eigenvalue weighted by atomic mass is 9.74. The number of halogens is 2. The molecule has 2 aliphatic heterocycles. The summed E-state index contributed by atoms with van der Waals surface area (Å²) in [5, 5.41) is 12.8. The van der Waals surface area contributed by atoms with Crippen LogP contribution < -0.4 is 22.0 Å². The van der Waals surface area contributed by atoms with Gasteiger partial charge in [0.15, 0.2) is 0 Å². The number of nitrogens with one attached hydrogen (secondary N) is 1. The third-order valence-electron chi connectivity index (χ3n) is 5.98. The monoisotopic (exact) mass is 407 g/mol. The van der Waals surface area contributed by atoms with Crippen LogP contribution in [0.4, 0.5) is 0 Å². The minimum absolute atomic E-state index is 0. The standard InChI is InChI=1S/C22H26ClNO2.ClH/c23-19-9-10-20-21(15-19)26-14-11-18(16-24-12-5-2-6-13-24)22(20,25)17-7-3-1-4-8-17;/h1,3-4,7-10,15,18,25H,2,5-6,11-14,16H2;1H. The number of ether oxygens (including phenoxy) is 1. The third-order valence-corrected chi connectivity index (χ3v) is 6.21. The first-order valence-corrected chi connectivity index (χ1v) is 10.1. The summed E-state index contributed by atoms with van der Waals surface area (Å²) in [5.41, 5.74) is 0.727. The van der Waals surface area contributed by atoms with E-state index in [1.807, 2.05) is 48.5 Å². The Morgan fingerprint density at radius 2 is 1.81 bits per heavy atom. The minimum atomic E-state index is -1.05. The molecule has 27 heavy (non-hydrogen) atoms. The van der Waals surface area contributed by atoms with Gasteiger partial charge in [-0.05, 0) is 43.4 Å². The van der Waals surface area contributed by atoms with Gasteiger partial charge in [-0.3, -0.25) is 0 Å². The summed E-state index contributed by atoms with van der Waals surface area (Å²) in [7, 11) is 0. The summed E-state index contributed by atoms with van der Waals surface area (Å²) in [6.45, 7) is 3.99. The van der Waals surface area contributed by atoms with Crippen molar-refractivity contribution in [3.63, 3.8) is 0 Å². The van der Waals surface area contributed by atoms with E-state index < -0.39 is 5.60 Å². The zero-order chi connectivity index (χ0) is 18.0. The topological polar surface area (TPSA) is 33.9 Å². The Morgan fingerprint density at radius 1 is 1.07 bits per heavy atom. The fraction of sp³-hybridized carbons (Fsp3) is 0.455. The van der Waals surface area contributed by atoms with Crippen LogP contribution >= 0.6 is 11.6 Å². The van der Waals surface area contributed by atoms with Gasteiger partial charge in [0.2, 0.25) is 0 Å². The molecule has 2 N–H and O–H groups in total. The Labute approximate surface area is 172 Å². The highest BCUT2D eigenvalue weighted by atomic mass is 35.5. The molecule has 2 heterocycles. The van der Waals surface area contributed by atoms with Crippen molar-refractivity contribution in [1.29, 1.82) is 0 Å². The van der Waals surface area contributed by atoms with Crippen molar-refractivity contribution in [1.82, 2.24) is 0 Å². The first-order chi connectivity index (χ1) is 12.7. The molecule has 2 aromatic carbocycles. The van der Waals surface area contributed by atoms with E-state index in [-0.39, 0.29) is 18.3 Å². The zero-order valence-corrected chi connectivity index (χ0v) is 17.0. The summed E-state index contributed by atoms with van der Waals surface area (Å²) in [4.78, 5) is 1.60. The van der Waals surface area contributed by atoms with Gasteiger partial charge in [0, 0.05) is 16.5 Å². The highest BCUT2D eigenvalue weighted by Gasteiger charge is 2.45. The number of quaternary nitrogens is 1. The van der Waals surface area contributed by atoms with E-state index in [1.165, 1.54) is 32.4 Å². The fourth-order valence-electron chi connectivity index (χ4n) is 4.61. The van der Waals surface area contributed by atoms with Crippen molar-refractivity contribution in [2.24, 2.45) is 5.92 Å². The van der Waals surface area contributed by atoms with Crippen LogP contribution in [0.2, 0.25) is 5.02 Å². The molecule has 2 aliphatic rings. The van der Waals surface area contributed by atoms with Gasteiger partial charge in [-0.2, -0.15) is 0 Å². The van der Waals surface area contributed by atoms with Crippen LogP contribution in [0.1, 0.15) is 36.8 Å². The molecule has 0 aromatic heterocycles. The first-order valence-electron chi connectivity index (χ1n) is 9.72. The van der Waals surface area contributed by atoms with Gasteiger partial charge < -0.3 is 27.2 Å². The quantitative estimate of drug-likeness (QED) is 0.753. The number of aliphatic hydroxyl groups is 1. The van der Waals surface area contributed by atoms with E-state index >= 15 is 0 Å². The second-order valence-corrected chi connectivity index (χ2v) is 8.06. The molecule has 3 nitrogen and oxygen atoms in total. The Hall–Kier alpha value is -1.26. The summed E-state index contributed by atoms with van der Waals surface area (Å²) >= 11 is 6.20. The molecule has 0 radical (unpaired) electrons. The van der Waals surface area contributed by atoms with Gasteiger partial charge in [-0.1, -0.05) is 48.0 Å². The van der Waals surface area contributed by atoms with E-state index in [0.29, 0.717) is 17.4 Å². The Balaban J connectivity index is 0.00000210. The van der Waals surface area contributed by atoms with Crippen molar-refractivity contribution in [2.45, 2.75) is 31.3 Å². The Bertz CT molecular complexity index is 749. The molecule has 0 spiro atoms. The molecule has 4 rings (SSSR count). The molecule has 5 heteroatoms. The smallest absolute Gasteiger partial charge is 0.127 e. The predicted octanol–water partition coefficient (Wildman–Crippen LogP) is 0.0474. The van der Waals surface area contributed by atoms with Crippen LogP contribution in [-0.2, 0) is 5.60 Å². The maximum absolute atomic E-state index is 12.1. The number of benzene rings is 2. The van der Waals surface area contributed by atoms with Gasteiger partial charge in [0.05, 0.1) is 26.2 Å². The number of likely N-dealkylation sites (tertiary alicyclic amines) is 1. The van der Waals surface area contributed by atoms with Gasteiger partial charge >= 0.3 is 0 Å². The number of fused-ring (bicyclic) bond motifs is 1. The third kappa shape index (κ3) is 4.12. The number of piperidine rings is 1. The number of hydrogen-bond donors (Lipinski definition) is 2. The maximum atomic E-state index is 12.1. The number of rotatable bonds is 3. The normalized spacial score (nSPS) is 25.6. The Kier molecular flexibility index (Phi) is 6.69. The summed E-state index contributed by atoms with van der Waals surface area (Å²) < 4.78 is 6.01. The van der Waals surface area contributed by atoms with E-state index in [1.54, 1.807) is 4.90 Å². The molecule has 2 unspecified atom stereocenters. The van der Waals surface area contributed by atoms with Crippen molar-refractivity contribution in [3.05, 3.63) is 64.7 Å². The predicted molar refractivity (Wildman–Crippen MR) is 104 cm³/mol. The maximum Gasteiger partial charge on any atom is 0.127 e. The molecule has 0 saturated carbocycles. The molecular weight excluding hydrogens is 381 g/mol. The van der Waals surface area contributed by atoms with Crippen LogP contribution in [0.15, 0.2) is 48.5 Å². The second-order valence-electron chi connectivity index (χ2n) is 7.62. The highest BCUT2D eigenvalue weighted by Crippen LogP contribution is 2.45. The molecule has 2 atom stereocenters. The lowest BCUT2D eigenvalue weighted by molar-refractivity contribution is -0.909. The number of hydrogen-bond acceptors (Lipinski definition) is 2. The Morgan fingerprint density at radius 3 is 2.56 bits per heavy atom. The molecule has 2 aromatic rings. The van der Waals surface area contributed by atoms with Crippen LogP contribution in [0, 0.1) is 5.92 Å². The lowest BCUT2D eigenvalue weighted by Gasteiger charge is -2.38. The van der Waals surface area contributed by atoms with Gasteiger partial charge in [0.25, 0.3) is 0 Å². The molecule has 1 fully saturated rings. The zero-order valence-electron chi connectivity index (χ0n) is 15.5. The van der Waals surface area contributed by atoms with E-state index in [2.05, 4.69) is 0 Å². The average molecular weight is 408 g/mol. The van der Waals surface area contributed by atoms with E-state index in [0.717, 1.165) is 24.1 Å². The van der Waals surface area contributed by atoms with Crippen molar-refractivity contribution in [2.75, 3.05) is 26.2 Å². The van der Waals surface area contributed by atoms with Crippen molar-refractivity contribution < 1.29 is 27.2 Å². The molecule has 0 bridgehead atoms. The van der Waals surface area contributed by atoms with Crippen LogP contribution in [-0.4, -0.2) is 31.3 Å². The minimum Gasteiger partial charge on any atom is -1.00 e. The largest absolute Gasteiger partial charge is 1.00 e. The molecular formula is C22H27Cl2NO2. The molecule has 146 valence electrons. The SMILES string of the molecule is OC1(c2ccccc2)c2ccc(Cl)cc2OCCC1C[NH+]1CCCCC1.[Cl-]. The molecule has 0 aliphatic carbocycles. The summed E-state index contributed by atoms with van der Waals surface area (Å²) in [6.07, 6.45) is 4.74. The molecule has 0 amide bonds. The summed E-state index contributed by atoms with van der Waals surface area (Å²) in [6, 6.07) is 15.7. The van der Waals surface area contributed by atoms with Gasteiger partial charge in [0.1, 0.15) is 11.4 Å². The van der Waals surface area contributed by atoms with Crippen LogP contribution in [0.3, 0.4) is 0 Å². The van der Waals surface area contributed by atoms with Crippen molar-refractivity contribution >= 4 is 11.6 Å². The second kappa shape index (κ2) is 8.83. The van der Waals surface area contributed by atoms with E-state index in [4.69, 9.17) is 16.3 Å². The fourth-order valence-corrected chi connectivity index (χ4v) is 4.77. The van der Waals surface area contributed by atoms with Crippen LogP contribution in [0.5, 0.6) is 5.75 Å². The van der Waals surface area contributed by atoms with Crippen molar-refractivity contribution in [3.8, 4) is 5.75 Å². The van der Waals surface area contributed by atoms with Crippen LogP contribution in [0.25, 0.3) is 0 Å². The molecule has 1 saturated heterocycles. The lowest BCUT2D eigenvalue weighted by Crippen LogP contribution is -3.13. The summed E-state index contributed by atoms with van der Waals surface area (Å²) in [5.74, 6) is 0.820. The highest BCUT2D eigenvalue weighted by molar-refractivity contribution is 6.30. The van der Waals surface area contributed by atoms with Gasteiger partial charge in [-0.25, -0.2) is 0 Å². The van der Waals surface area contributed by atoms with Gasteiger partial charge in [-0.15, -0.1) is 0 Å². The average Bonchev–Trinajstić information content (AvgIpc) is 2.81. The van der Waals surface area contributed by atoms with E-state index in [9.17, 15) is 5.11 Å². The first kappa shape index (κ1) is 20.5.